The molecule has 0 amide bonds. The van der Waals surface area contributed by atoms with Crippen LogP contribution in [0.2, 0.25) is 0 Å². The Morgan fingerprint density at radius 3 is 1.00 bits per heavy atom. The third-order valence-electron chi connectivity index (χ3n) is 4.05. The van der Waals surface area contributed by atoms with Crippen molar-refractivity contribution in [2.24, 2.45) is 5.16 Å². The molecule has 0 aromatic heterocycles. The van der Waals surface area contributed by atoms with E-state index in [0.717, 1.165) is 0 Å². The van der Waals surface area contributed by atoms with Crippen molar-refractivity contribution < 1.29 is 9.94 Å². The van der Waals surface area contributed by atoms with Crippen LogP contribution in [-0.2, 0) is 4.74 Å². The minimum Gasteiger partial charge on any atom is -0.410 e. The zero-order valence-corrected chi connectivity index (χ0v) is 26.7. The molecular weight excluding hydrogens is 747 g/mol. The molecule has 0 bridgehead atoms. The second kappa shape index (κ2) is 13.3. The van der Waals surface area contributed by atoms with Gasteiger partial charge in [-0.05, 0) is 6.92 Å². The first kappa shape index (κ1) is 34.0. The summed E-state index contributed by atoms with van der Waals surface area (Å²) in [7, 11) is 1.49. The van der Waals surface area contributed by atoms with Crippen LogP contribution < -0.4 is 0 Å². The van der Waals surface area contributed by atoms with Gasteiger partial charge in [0.25, 0.3) is 0 Å². The average Bonchev–Trinajstić information content (AvgIpc) is 3.15. The van der Waals surface area contributed by atoms with Crippen molar-refractivity contribution >= 4 is 168 Å². The van der Waals surface area contributed by atoms with Gasteiger partial charge in [0.2, 0.25) is 0 Å². The van der Waals surface area contributed by atoms with Gasteiger partial charge in [-0.3, -0.25) is 0 Å². The van der Waals surface area contributed by atoms with E-state index in [1.807, 2.05) is 0 Å². The largest absolute Gasteiger partial charge is 0.410 e. The van der Waals surface area contributed by atoms with Crippen molar-refractivity contribution in [2.45, 2.75) is 16.9 Å². The minimum atomic E-state index is -1.47. The third-order valence-corrected chi connectivity index (χ3v) is 11.1. The SMILES string of the molecule is COC1(C)C(Cl)=C(Cl)C(Cl)=C1Cl.ClC1=C(Cl)C(Cl)(Cl)C(Cl)=C1Cl.ON=C1C(Cl)=C(Cl)C(Cl)=C1Cl. The molecule has 0 atom stereocenters. The van der Waals surface area contributed by atoms with Gasteiger partial charge in [-0.1, -0.05) is 168 Å². The zero-order valence-electron chi connectivity index (χ0n) is 16.1. The molecule has 3 rings (SSSR count). The molecule has 0 fully saturated rings. The van der Waals surface area contributed by atoms with Gasteiger partial charge in [0.15, 0.2) is 4.33 Å². The van der Waals surface area contributed by atoms with E-state index in [9.17, 15) is 0 Å². The Morgan fingerprint density at radius 2 is 0.853 bits per heavy atom. The first-order valence-corrected chi connectivity index (χ1v) is 13.2. The van der Waals surface area contributed by atoms with Crippen molar-refractivity contribution in [3.63, 3.8) is 0 Å². The predicted molar refractivity (Wildman–Crippen MR) is 151 cm³/mol. The first-order valence-electron chi connectivity index (χ1n) is 7.93. The van der Waals surface area contributed by atoms with E-state index in [2.05, 4.69) is 5.16 Å². The summed E-state index contributed by atoms with van der Waals surface area (Å²) in [5.41, 5.74) is -0.875. The Bertz CT molecular complexity index is 1030. The first-order chi connectivity index (χ1) is 15.4. The fourth-order valence-corrected chi connectivity index (χ4v) is 5.80. The summed E-state index contributed by atoms with van der Waals surface area (Å²) in [6.45, 7) is 1.70. The monoisotopic (exact) mass is 747 g/mol. The lowest BCUT2D eigenvalue weighted by molar-refractivity contribution is 0.0848. The van der Waals surface area contributed by atoms with Gasteiger partial charge in [0.05, 0.1) is 60.4 Å². The highest BCUT2D eigenvalue weighted by molar-refractivity contribution is 6.68. The van der Waals surface area contributed by atoms with E-state index in [0.29, 0.717) is 10.1 Å². The Hall–Kier alpha value is 1.93. The van der Waals surface area contributed by atoms with Gasteiger partial charge in [-0.2, -0.15) is 0 Å². The molecule has 3 nitrogen and oxygen atoms in total. The number of nitrogens with zero attached hydrogens (tertiary/aromatic N) is 1. The standard InChI is InChI=1S/C7H6Cl4O.C5Cl6.C5HCl4NO/c1-7(12-2)5(10)3(8)4(9)6(7)11;6-1-2(7)4(9)5(10,11)3(1)8;6-1-2(7)4(9)5(10-11)3(1)8/h1-2H3;;11H. The minimum absolute atomic E-state index is 0.00309. The summed E-state index contributed by atoms with van der Waals surface area (Å²) in [6.07, 6.45) is 0. The number of oxime groups is 1. The van der Waals surface area contributed by atoms with Crippen LogP contribution in [0.1, 0.15) is 6.92 Å². The number of methoxy groups -OCH3 is 1. The van der Waals surface area contributed by atoms with Crippen LogP contribution in [0, 0.1) is 0 Å². The highest BCUT2D eigenvalue weighted by Crippen LogP contribution is 2.53. The van der Waals surface area contributed by atoms with E-state index in [-0.39, 0.29) is 56.0 Å². The van der Waals surface area contributed by atoms with Gasteiger partial charge < -0.3 is 9.94 Å². The van der Waals surface area contributed by atoms with Crippen molar-refractivity contribution in [2.75, 3.05) is 7.11 Å². The summed E-state index contributed by atoms with van der Waals surface area (Å²) in [6, 6.07) is 0. The maximum absolute atomic E-state index is 8.38. The number of alkyl halides is 2. The lowest BCUT2D eigenvalue weighted by Gasteiger charge is -2.23. The quantitative estimate of drug-likeness (QED) is 0.165. The van der Waals surface area contributed by atoms with Crippen molar-refractivity contribution in [3.8, 4) is 0 Å². The molecule has 0 aromatic carbocycles. The van der Waals surface area contributed by atoms with Crippen molar-refractivity contribution in [3.05, 3.63) is 60.4 Å². The number of hydrogen-bond acceptors (Lipinski definition) is 3. The zero-order chi connectivity index (χ0) is 26.9. The van der Waals surface area contributed by atoms with Crippen LogP contribution in [-0.4, -0.2) is 28.0 Å². The van der Waals surface area contributed by atoms with Crippen molar-refractivity contribution in [1.82, 2.24) is 0 Å². The molecular formula is C17H7Cl14NO2. The van der Waals surface area contributed by atoms with E-state index >= 15 is 0 Å². The summed E-state index contributed by atoms with van der Waals surface area (Å²) < 4.78 is 3.64. The number of ether oxygens (including phenoxy) is 1. The lowest BCUT2D eigenvalue weighted by Crippen LogP contribution is -2.26. The molecule has 0 spiro atoms. The molecule has 0 saturated carbocycles. The average molecular weight is 754 g/mol. The van der Waals surface area contributed by atoms with Crippen LogP contribution in [0.3, 0.4) is 0 Å². The Labute approximate surface area is 264 Å². The van der Waals surface area contributed by atoms with Crippen molar-refractivity contribution in [1.29, 1.82) is 0 Å². The van der Waals surface area contributed by atoms with Gasteiger partial charge in [-0.25, -0.2) is 0 Å². The molecule has 1 N–H and O–H groups in total. The fourth-order valence-electron chi connectivity index (χ4n) is 2.04. The summed E-state index contributed by atoms with van der Waals surface area (Å²) in [4.78, 5) is 0. The fraction of sp³-hybridized carbons (Fsp3) is 0.235. The number of rotatable bonds is 1. The number of hydrogen-bond donors (Lipinski definition) is 1. The molecule has 0 saturated heterocycles. The molecule has 0 heterocycles. The van der Waals surface area contributed by atoms with E-state index in [1.54, 1.807) is 6.92 Å². The molecule has 0 aromatic rings. The second-order valence-corrected chi connectivity index (χ2v) is 11.9. The Kier molecular flexibility index (Phi) is 13.3. The lowest BCUT2D eigenvalue weighted by atomic mass is 10.1. The molecule has 3 aliphatic rings. The molecule has 0 unspecified atom stereocenters. The summed E-state index contributed by atoms with van der Waals surface area (Å²) in [5, 5.41) is 13.0. The number of allylic oxidation sites excluding steroid dienone is 10. The van der Waals surface area contributed by atoms with Gasteiger partial charge in [-0.15, -0.1) is 0 Å². The normalized spacial score (nSPS) is 21.5. The molecule has 0 aliphatic heterocycles. The Balaban J connectivity index is 0.000000255. The predicted octanol–water partition coefficient (Wildman–Crippen LogP) is 11.5. The van der Waals surface area contributed by atoms with Gasteiger partial charge in [0.1, 0.15) is 11.3 Å². The molecule has 190 valence electrons. The van der Waals surface area contributed by atoms with Crippen LogP contribution in [0.25, 0.3) is 0 Å². The van der Waals surface area contributed by atoms with E-state index in [1.165, 1.54) is 7.11 Å². The molecule has 34 heavy (non-hydrogen) atoms. The summed E-state index contributed by atoms with van der Waals surface area (Å²) in [5.74, 6) is 0. The highest BCUT2D eigenvalue weighted by Gasteiger charge is 2.43. The van der Waals surface area contributed by atoms with Crippen LogP contribution in [0.4, 0.5) is 0 Å². The van der Waals surface area contributed by atoms with Crippen LogP contribution in [0.5, 0.6) is 0 Å². The third kappa shape index (κ3) is 6.55. The van der Waals surface area contributed by atoms with Crippen LogP contribution >= 0.6 is 162 Å². The highest BCUT2D eigenvalue weighted by atomic mass is 35.5. The van der Waals surface area contributed by atoms with E-state index in [4.69, 9.17) is 172 Å². The smallest absolute Gasteiger partial charge is 0.191 e. The van der Waals surface area contributed by atoms with Crippen LogP contribution in [0.15, 0.2) is 65.5 Å². The van der Waals surface area contributed by atoms with E-state index < -0.39 is 9.93 Å². The molecule has 0 radical (unpaired) electrons. The molecule has 17 heteroatoms. The summed E-state index contributed by atoms with van der Waals surface area (Å²) >= 11 is 79.3. The maximum atomic E-state index is 8.38. The second-order valence-electron chi connectivity index (χ2n) is 6.03. The van der Waals surface area contributed by atoms with Gasteiger partial charge in [0, 0.05) is 7.11 Å². The topological polar surface area (TPSA) is 41.8 Å². The Morgan fingerprint density at radius 1 is 0.559 bits per heavy atom. The van der Waals surface area contributed by atoms with Gasteiger partial charge >= 0.3 is 0 Å². The maximum Gasteiger partial charge on any atom is 0.191 e. The number of halogens is 14. The molecule has 3 aliphatic carbocycles.